The van der Waals surface area contributed by atoms with Gasteiger partial charge in [0, 0.05) is 11.9 Å². The highest BCUT2D eigenvalue weighted by atomic mass is 32.1. The maximum Gasteiger partial charge on any atom is 0.226 e. The van der Waals surface area contributed by atoms with Gasteiger partial charge in [0.25, 0.3) is 0 Å². The van der Waals surface area contributed by atoms with Crippen LogP contribution in [0.4, 0.5) is 0 Å². The Morgan fingerprint density at radius 2 is 2.04 bits per heavy atom. The minimum atomic E-state index is -0.0269. The summed E-state index contributed by atoms with van der Waals surface area (Å²) < 4.78 is 10.7. The van der Waals surface area contributed by atoms with E-state index in [2.05, 4.69) is 10.3 Å². The Morgan fingerprint density at radius 3 is 2.72 bits per heavy atom. The lowest BCUT2D eigenvalue weighted by molar-refractivity contribution is -0.120. The van der Waals surface area contributed by atoms with Gasteiger partial charge >= 0.3 is 0 Å². The van der Waals surface area contributed by atoms with Crippen molar-refractivity contribution in [3.63, 3.8) is 0 Å². The molecule has 3 aromatic rings. The van der Waals surface area contributed by atoms with Gasteiger partial charge < -0.3 is 14.5 Å². The van der Waals surface area contributed by atoms with Crippen molar-refractivity contribution in [2.24, 2.45) is 0 Å². The van der Waals surface area contributed by atoms with Crippen molar-refractivity contribution in [3.8, 4) is 16.5 Å². The van der Waals surface area contributed by atoms with Gasteiger partial charge in [0.2, 0.25) is 5.91 Å². The highest BCUT2D eigenvalue weighted by Crippen LogP contribution is 2.25. The maximum absolute atomic E-state index is 12.1. The Hall–Kier alpha value is -2.60. The normalized spacial score (nSPS) is 10.6. The van der Waals surface area contributed by atoms with Crippen molar-refractivity contribution >= 4 is 17.2 Å². The number of furan rings is 1. The molecule has 5 nitrogen and oxygen atoms in total. The number of benzene rings is 1. The fourth-order valence-corrected chi connectivity index (χ4v) is 3.20. The van der Waals surface area contributed by atoms with E-state index in [0.29, 0.717) is 6.54 Å². The summed E-state index contributed by atoms with van der Waals surface area (Å²) in [6, 6.07) is 11.6. The second-order valence-corrected chi connectivity index (χ2v) is 6.54. The van der Waals surface area contributed by atoms with Crippen molar-refractivity contribution in [3.05, 3.63) is 58.8 Å². The van der Waals surface area contributed by atoms with Gasteiger partial charge in [-0.25, -0.2) is 4.98 Å². The Bertz CT molecular complexity index is 836. The lowest BCUT2D eigenvalue weighted by Gasteiger charge is -2.05. The van der Waals surface area contributed by atoms with Crippen molar-refractivity contribution in [2.45, 2.75) is 19.8 Å². The Morgan fingerprint density at radius 1 is 1.24 bits per heavy atom. The first kappa shape index (κ1) is 17.2. The van der Waals surface area contributed by atoms with Gasteiger partial charge in [0.15, 0.2) is 10.8 Å². The molecule has 1 N–H and O–H groups in total. The van der Waals surface area contributed by atoms with Crippen LogP contribution in [0.25, 0.3) is 10.8 Å². The van der Waals surface area contributed by atoms with Crippen molar-refractivity contribution in [2.75, 3.05) is 13.7 Å². The average molecular weight is 356 g/mol. The van der Waals surface area contributed by atoms with E-state index >= 15 is 0 Å². The summed E-state index contributed by atoms with van der Waals surface area (Å²) in [6.45, 7) is 2.49. The minimum absolute atomic E-state index is 0.0269. The van der Waals surface area contributed by atoms with Crippen molar-refractivity contribution < 1.29 is 13.9 Å². The number of ether oxygens (including phenoxy) is 1. The number of hydrogen-bond acceptors (Lipinski definition) is 5. The SMILES string of the molecule is COc1ccc(CCNC(=O)Cc2csc(-c3ccc(C)o3)n2)cc1. The second kappa shape index (κ2) is 7.98. The number of carbonyl (C=O) groups excluding carboxylic acids is 1. The molecule has 3 rings (SSSR count). The summed E-state index contributed by atoms with van der Waals surface area (Å²) >= 11 is 1.49. The summed E-state index contributed by atoms with van der Waals surface area (Å²) in [5, 5.41) is 5.63. The molecule has 1 aromatic carbocycles. The fraction of sp³-hybridized carbons (Fsp3) is 0.263. The molecule has 0 saturated carbocycles. The quantitative estimate of drug-likeness (QED) is 0.702. The maximum atomic E-state index is 12.1. The van der Waals surface area contributed by atoms with E-state index in [4.69, 9.17) is 9.15 Å². The number of nitrogens with one attached hydrogen (secondary N) is 1. The predicted molar refractivity (Wildman–Crippen MR) is 98.0 cm³/mol. The van der Waals surface area contributed by atoms with Gasteiger partial charge in [-0.05, 0) is 43.2 Å². The zero-order valence-corrected chi connectivity index (χ0v) is 15.1. The predicted octanol–water partition coefficient (Wildman–Crippen LogP) is 3.62. The van der Waals surface area contributed by atoms with E-state index in [1.54, 1.807) is 7.11 Å². The average Bonchev–Trinajstić information content (AvgIpc) is 3.24. The Kier molecular flexibility index (Phi) is 5.50. The Balaban J connectivity index is 1.47. The smallest absolute Gasteiger partial charge is 0.226 e. The second-order valence-electron chi connectivity index (χ2n) is 5.68. The molecule has 0 saturated heterocycles. The van der Waals surface area contributed by atoms with Crippen LogP contribution in [-0.2, 0) is 17.6 Å². The minimum Gasteiger partial charge on any atom is -0.497 e. The monoisotopic (exact) mass is 356 g/mol. The number of hydrogen-bond donors (Lipinski definition) is 1. The third-order valence-corrected chi connectivity index (χ3v) is 4.65. The van der Waals surface area contributed by atoms with Crippen LogP contribution in [0.5, 0.6) is 5.75 Å². The molecule has 0 bridgehead atoms. The zero-order valence-electron chi connectivity index (χ0n) is 14.2. The van der Waals surface area contributed by atoms with Crippen LogP contribution in [0.1, 0.15) is 17.0 Å². The van der Waals surface area contributed by atoms with Gasteiger partial charge in [0.1, 0.15) is 11.5 Å². The molecule has 0 radical (unpaired) electrons. The molecular weight excluding hydrogens is 336 g/mol. The molecule has 0 spiro atoms. The first-order chi connectivity index (χ1) is 12.1. The third-order valence-electron chi connectivity index (χ3n) is 3.74. The van der Waals surface area contributed by atoms with Crippen LogP contribution in [0.3, 0.4) is 0 Å². The molecule has 6 heteroatoms. The number of methoxy groups -OCH3 is 1. The van der Waals surface area contributed by atoms with Gasteiger partial charge in [-0.1, -0.05) is 12.1 Å². The van der Waals surface area contributed by atoms with E-state index in [1.165, 1.54) is 11.3 Å². The molecule has 2 heterocycles. The fourth-order valence-electron chi connectivity index (χ4n) is 2.42. The molecule has 1 amide bonds. The summed E-state index contributed by atoms with van der Waals surface area (Å²) in [7, 11) is 1.65. The van der Waals surface area contributed by atoms with E-state index in [9.17, 15) is 4.79 Å². The lowest BCUT2D eigenvalue weighted by atomic mass is 10.1. The lowest BCUT2D eigenvalue weighted by Crippen LogP contribution is -2.27. The first-order valence-corrected chi connectivity index (χ1v) is 8.93. The number of aromatic nitrogens is 1. The number of rotatable bonds is 7. The van der Waals surface area contributed by atoms with Crippen molar-refractivity contribution in [1.82, 2.24) is 10.3 Å². The summed E-state index contributed by atoms with van der Waals surface area (Å²) in [4.78, 5) is 16.5. The molecule has 0 aliphatic carbocycles. The Labute approximate surface area is 150 Å². The number of nitrogens with zero attached hydrogens (tertiary/aromatic N) is 1. The number of carbonyl (C=O) groups is 1. The van der Waals surface area contributed by atoms with Crippen LogP contribution < -0.4 is 10.1 Å². The van der Waals surface area contributed by atoms with Gasteiger partial charge in [-0.3, -0.25) is 4.79 Å². The zero-order chi connectivity index (χ0) is 17.6. The number of aryl methyl sites for hydroxylation is 1. The summed E-state index contributed by atoms with van der Waals surface area (Å²) in [5.41, 5.74) is 1.92. The van der Waals surface area contributed by atoms with Gasteiger partial charge in [-0.15, -0.1) is 11.3 Å². The largest absolute Gasteiger partial charge is 0.497 e. The van der Waals surface area contributed by atoms with E-state index in [0.717, 1.165) is 40.0 Å². The van der Waals surface area contributed by atoms with Gasteiger partial charge in [0.05, 0.1) is 19.2 Å². The molecule has 0 atom stereocenters. The van der Waals surface area contributed by atoms with Gasteiger partial charge in [-0.2, -0.15) is 0 Å². The molecular formula is C19H20N2O3S. The number of thiazole rings is 1. The standard InChI is InChI=1S/C19H20N2O3S/c1-13-3-8-17(24-13)19-21-15(12-25-19)11-18(22)20-10-9-14-4-6-16(23-2)7-5-14/h3-8,12H,9-11H2,1-2H3,(H,20,22). The van der Waals surface area contributed by atoms with Crippen molar-refractivity contribution in [1.29, 1.82) is 0 Å². The highest BCUT2D eigenvalue weighted by Gasteiger charge is 2.11. The molecule has 25 heavy (non-hydrogen) atoms. The molecule has 2 aromatic heterocycles. The van der Waals surface area contributed by atoms with Crippen LogP contribution in [0, 0.1) is 6.92 Å². The van der Waals surface area contributed by atoms with E-state index < -0.39 is 0 Å². The molecule has 0 unspecified atom stereocenters. The summed E-state index contributed by atoms with van der Waals surface area (Å²) in [6.07, 6.45) is 1.06. The topological polar surface area (TPSA) is 64.4 Å². The summed E-state index contributed by atoms with van der Waals surface area (Å²) in [5.74, 6) is 2.40. The molecule has 0 aliphatic rings. The van der Waals surface area contributed by atoms with E-state index in [-0.39, 0.29) is 12.3 Å². The molecule has 0 fully saturated rings. The highest BCUT2D eigenvalue weighted by molar-refractivity contribution is 7.13. The molecule has 130 valence electrons. The third kappa shape index (κ3) is 4.70. The first-order valence-electron chi connectivity index (χ1n) is 8.05. The number of amides is 1. The van der Waals surface area contributed by atoms with Crippen LogP contribution in [0.2, 0.25) is 0 Å². The van der Waals surface area contributed by atoms with Crippen LogP contribution >= 0.6 is 11.3 Å². The van der Waals surface area contributed by atoms with Crippen LogP contribution in [0.15, 0.2) is 46.2 Å². The van der Waals surface area contributed by atoms with Crippen LogP contribution in [-0.4, -0.2) is 24.5 Å². The van der Waals surface area contributed by atoms with E-state index in [1.807, 2.05) is 48.7 Å². The molecule has 0 aliphatic heterocycles.